The summed E-state index contributed by atoms with van der Waals surface area (Å²) in [7, 11) is 0. The van der Waals surface area contributed by atoms with Crippen LogP contribution in [0, 0.1) is 11.7 Å². The number of benzene rings is 1. The van der Waals surface area contributed by atoms with Crippen LogP contribution in [0.4, 0.5) is 4.39 Å². The standard InChI is InChI=1S/C13H16ClFN2O/c1-8(16)9-4-5-17(7-9)13(18)11-3-2-10(15)6-12(11)14/h2-3,6,8-9H,4-5,7,16H2,1H3. The maximum atomic E-state index is 12.9. The normalized spacial score (nSPS) is 21.1. The number of hydrogen-bond acceptors (Lipinski definition) is 2. The molecule has 98 valence electrons. The second-order valence-electron chi connectivity index (χ2n) is 4.78. The van der Waals surface area contributed by atoms with Crippen LogP contribution in [-0.4, -0.2) is 29.9 Å². The minimum Gasteiger partial charge on any atom is -0.338 e. The van der Waals surface area contributed by atoms with E-state index in [2.05, 4.69) is 0 Å². The molecule has 2 atom stereocenters. The summed E-state index contributed by atoms with van der Waals surface area (Å²) in [4.78, 5) is 14.0. The summed E-state index contributed by atoms with van der Waals surface area (Å²) in [5.41, 5.74) is 6.19. The van der Waals surface area contributed by atoms with E-state index in [0.717, 1.165) is 12.5 Å². The van der Waals surface area contributed by atoms with E-state index in [-0.39, 0.29) is 17.0 Å². The summed E-state index contributed by atoms with van der Waals surface area (Å²) in [6.45, 7) is 3.27. The number of nitrogens with zero attached hydrogens (tertiary/aromatic N) is 1. The summed E-state index contributed by atoms with van der Waals surface area (Å²) in [6.07, 6.45) is 0.905. The Hall–Kier alpha value is -1.13. The smallest absolute Gasteiger partial charge is 0.255 e. The van der Waals surface area contributed by atoms with Gasteiger partial charge in [-0.05, 0) is 37.5 Å². The Morgan fingerprint density at radius 3 is 2.89 bits per heavy atom. The predicted octanol–water partition coefficient (Wildman–Crippen LogP) is 2.29. The first kappa shape index (κ1) is 13.3. The predicted molar refractivity (Wildman–Crippen MR) is 69.1 cm³/mol. The van der Waals surface area contributed by atoms with Gasteiger partial charge < -0.3 is 10.6 Å². The van der Waals surface area contributed by atoms with Crippen LogP contribution in [0.15, 0.2) is 18.2 Å². The van der Waals surface area contributed by atoms with E-state index in [1.54, 1.807) is 4.90 Å². The van der Waals surface area contributed by atoms with Crippen molar-refractivity contribution in [1.29, 1.82) is 0 Å². The number of hydrogen-bond donors (Lipinski definition) is 1. The highest BCUT2D eigenvalue weighted by Gasteiger charge is 2.29. The Morgan fingerprint density at radius 2 is 2.33 bits per heavy atom. The Kier molecular flexibility index (Phi) is 3.88. The van der Waals surface area contributed by atoms with Crippen LogP contribution in [0.3, 0.4) is 0 Å². The summed E-state index contributed by atoms with van der Waals surface area (Å²) in [5.74, 6) is -0.261. The highest BCUT2D eigenvalue weighted by molar-refractivity contribution is 6.33. The van der Waals surface area contributed by atoms with E-state index in [1.165, 1.54) is 12.1 Å². The number of amides is 1. The number of carbonyl (C=O) groups excluding carboxylic acids is 1. The molecule has 2 N–H and O–H groups in total. The Morgan fingerprint density at radius 1 is 1.61 bits per heavy atom. The average molecular weight is 271 g/mol. The summed E-state index contributed by atoms with van der Waals surface area (Å²) < 4.78 is 12.9. The molecule has 1 aliphatic rings. The van der Waals surface area contributed by atoms with Crippen molar-refractivity contribution in [3.63, 3.8) is 0 Å². The van der Waals surface area contributed by atoms with Crippen LogP contribution < -0.4 is 5.73 Å². The quantitative estimate of drug-likeness (QED) is 0.896. The van der Waals surface area contributed by atoms with Gasteiger partial charge in [0, 0.05) is 19.1 Å². The molecule has 0 saturated carbocycles. The van der Waals surface area contributed by atoms with Crippen molar-refractivity contribution >= 4 is 17.5 Å². The number of rotatable bonds is 2. The SMILES string of the molecule is CC(N)C1CCN(C(=O)c2ccc(F)cc2Cl)C1. The van der Waals surface area contributed by atoms with E-state index in [9.17, 15) is 9.18 Å². The third kappa shape index (κ3) is 2.65. The molecule has 0 aliphatic carbocycles. The van der Waals surface area contributed by atoms with Gasteiger partial charge >= 0.3 is 0 Å². The largest absolute Gasteiger partial charge is 0.338 e. The maximum absolute atomic E-state index is 12.9. The van der Waals surface area contributed by atoms with Gasteiger partial charge in [-0.1, -0.05) is 11.6 Å². The van der Waals surface area contributed by atoms with E-state index in [4.69, 9.17) is 17.3 Å². The minimum atomic E-state index is -0.438. The van der Waals surface area contributed by atoms with E-state index in [1.807, 2.05) is 6.92 Å². The lowest BCUT2D eigenvalue weighted by atomic mass is 10.0. The fourth-order valence-electron chi connectivity index (χ4n) is 2.23. The highest BCUT2D eigenvalue weighted by Crippen LogP contribution is 2.24. The van der Waals surface area contributed by atoms with Crippen molar-refractivity contribution in [3.05, 3.63) is 34.6 Å². The first-order valence-corrected chi connectivity index (χ1v) is 6.36. The molecule has 5 heteroatoms. The van der Waals surface area contributed by atoms with Gasteiger partial charge in [-0.15, -0.1) is 0 Å². The van der Waals surface area contributed by atoms with Crippen molar-refractivity contribution in [2.75, 3.05) is 13.1 Å². The van der Waals surface area contributed by atoms with Crippen LogP contribution in [0.5, 0.6) is 0 Å². The topological polar surface area (TPSA) is 46.3 Å². The zero-order chi connectivity index (χ0) is 13.3. The molecule has 0 aromatic heterocycles. The lowest BCUT2D eigenvalue weighted by molar-refractivity contribution is 0.0786. The Labute approximate surface area is 111 Å². The lowest BCUT2D eigenvalue weighted by Crippen LogP contribution is -2.33. The van der Waals surface area contributed by atoms with Gasteiger partial charge in [-0.3, -0.25) is 4.79 Å². The molecule has 0 spiro atoms. The van der Waals surface area contributed by atoms with E-state index < -0.39 is 5.82 Å². The second-order valence-corrected chi connectivity index (χ2v) is 5.19. The molecule has 1 saturated heterocycles. The van der Waals surface area contributed by atoms with Gasteiger partial charge in [0.05, 0.1) is 10.6 Å². The molecule has 1 aromatic rings. The zero-order valence-corrected chi connectivity index (χ0v) is 11.0. The number of nitrogens with two attached hydrogens (primary N) is 1. The van der Waals surface area contributed by atoms with Gasteiger partial charge in [0.15, 0.2) is 0 Å². The van der Waals surface area contributed by atoms with Crippen molar-refractivity contribution < 1.29 is 9.18 Å². The summed E-state index contributed by atoms with van der Waals surface area (Å²) in [5, 5.41) is 0.157. The zero-order valence-electron chi connectivity index (χ0n) is 10.2. The van der Waals surface area contributed by atoms with Gasteiger partial charge in [0.2, 0.25) is 0 Å². The molecule has 2 unspecified atom stereocenters. The molecule has 0 bridgehead atoms. The average Bonchev–Trinajstić information content (AvgIpc) is 2.77. The van der Waals surface area contributed by atoms with Gasteiger partial charge in [-0.2, -0.15) is 0 Å². The third-order valence-corrected chi connectivity index (χ3v) is 3.73. The molecular formula is C13H16ClFN2O. The molecule has 1 fully saturated rings. The van der Waals surface area contributed by atoms with Crippen LogP contribution in [0.2, 0.25) is 5.02 Å². The van der Waals surface area contributed by atoms with E-state index >= 15 is 0 Å². The monoisotopic (exact) mass is 270 g/mol. The fourth-order valence-corrected chi connectivity index (χ4v) is 2.48. The molecule has 1 heterocycles. The Bertz CT molecular complexity index is 464. The van der Waals surface area contributed by atoms with Crippen LogP contribution >= 0.6 is 11.6 Å². The molecular weight excluding hydrogens is 255 g/mol. The highest BCUT2D eigenvalue weighted by atomic mass is 35.5. The molecule has 18 heavy (non-hydrogen) atoms. The maximum Gasteiger partial charge on any atom is 0.255 e. The van der Waals surface area contributed by atoms with Crippen LogP contribution in [0.1, 0.15) is 23.7 Å². The molecule has 0 radical (unpaired) electrons. The van der Waals surface area contributed by atoms with E-state index in [0.29, 0.717) is 24.6 Å². The van der Waals surface area contributed by atoms with Gasteiger partial charge in [-0.25, -0.2) is 4.39 Å². The molecule has 1 amide bonds. The van der Waals surface area contributed by atoms with Gasteiger partial charge in [0.25, 0.3) is 5.91 Å². The Balaban J connectivity index is 2.13. The van der Waals surface area contributed by atoms with Crippen molar-refractivity contribution in [1.82, 2.24) is 4.90 Å². The van der Waals surface area contributed by atoms with Gasteiger partial charge in [0.1, 0.15) is 5.82 Å². The first-order valence-electron chi connectivity index (χ1n) is 5.99. The minimum absolute atomic E-state index is 0.0755. The number of carbonyl (C=O) groups is 1. The van der Waals surface area contributed by atoms with Crippen LogP contribution in [-0.2, 0) is 0 Å². The lowest BCUT2D eigenvalue weighted by Gasteiger charge is -2.18. The fraction of sp³-hybridized carbons (Fsp3) is 0.462. The molecule has 1 aliphatic heterocycles. The molecule has 1 aromatic carbocycles. The summed E-state index contributed by atoms with van der Waals surface area (Å²) >= 11 is 5.89. The van der Waals surface area contributed by atoms with Crippen molar-refractivity contribution in [2.24, 2.45) is 11.7 Å². The molecule has 3 nitrogen and oxygen atoms in total. The summed E-state index contributed by atoms with van der Waals surface area (Å²) in [6, 6.07) is 3.91. The number of halogens is 2. The van der Waals surface area contributed by atoms with Crippen molar-refractivity contribution in [2.45, 2.75) is 19.4 Å². The van der Waals surface area contributed by atoms with Crippen LogP contribution in [0.25, 0.3) is 0 Å². The number of likely N-dealkylation sites (tertiary alicyclic amines) is 1. The van der Waals surface area contributed by atoms with Crippen molar-refractivity contribution in [3.8, 4) is 0 Å². The second kappa shape index (κ2) is 5.24. The first-order chi connectivity index (χ1) is 8.49. The molecule has 2 rings (SSSR count). The third-order valence-electron chi connectivity index (χ3n) is 3.42.